The molecule has 0 aliphatic heterocycles. The van der Waals surface area contributed by atoms with Gasteiger partial charge in [0.25, 0.3) is 11.5 Å². The van der Waals surface area contributed by atoms with Crippen LogP contribution in [-0.4, -0.2) is 40.1 Å². The summed E-state index contributed by atoms with van der Waals surface area (Å²) in [6.07, 6.45) is 0. The second-order valence-electron chi connectivity index (χ2n) is 4.84. The minimum absolute atomic E-state index is 0.0293. The van der Waals surface area contributed by atoms with Gasteiger partial charge >= 0.3 is 0 Å². The smallest absolute Gasteiger partial charge is 0.275 e. The number of quaternary nitrogens is 1. The van der Waals surface area contributed by atoms with Crippen LogP contribution < -0.4 is 15.8 Å². The first-order valence-electron chi connectivity index (χ1n) is 7.00. The SMILES string of the molecule is CCNC(=O)C[NH+](CC)Cc1nn2c(=O)cc(C)nc2s1. The molecule has 0 aromatic carbocycles. The van der Waals surface area contributed by atoms with Gasteiger partial charge in [0.05, 0.1) is 6.54 Å². The van der Waals surface area contributed by atoms with E-state index in [2.05, 4.69) is 15.4 Å². The fraction of sp³-hybridized carbons (Fsp3) is 0.538. The maximum atomic E-state index is 11.8. The summed E-state index contributed by atoms with van der Waals surface area (Å²) in [7, 11) is 0. The summed E-state index contributed by atoms with van der Waals surface area (Å²) in [5.41, 5.74) is 0.527. The normalized spacial score (nSPS) is 12.5. The lowest BCUT2D eigenvalue weighted by Crippen LogP contribution is -3.11. The maximum Gasteiger partial charge on any atom is 0.275 e. The lowest BCUT2D eigenvalue weighted by atomic mass is 10.4. The third-order valence-electron chi connectivity index (χ3n) is 3.10. The zero-order valence-corrected chi connectivity index (χ0v) is 13.3. The van der Waals surface area contributed by atoms with Crippen molar-refractivity contribution in [3.8, 4) is 0 Å². The Labute approximate surface area is 126 Å². The van der Waals surface area contributed by atoms with Crippen LogP contribution in [0.1, 0.15) is 24.5 Å². The number of aromatic nitrogens is 3. The first kappa shape index (κ1) is 15.6. The number of amides is 1. The average Bonchev–Trinajstić information content (AvgIpc) is 2.81. The van der Waals surface area contributed by atoms with Gasteiger partial charge in [-0.2, -0.15) is 9.61 Å². The molecular formula is C13H20N5O2S+. The third-order valence-corrected chi connectivity index (χ3v) is 4.01. The standard InChI is InChI=1S/C13H19N5O2S/c1-4-14-10(19)7-17(5-2)8-11-16-18-12(20)6-9(3)15-13(18)21-11/h6H,4-5,7-8H2,1-3H3,(H,14,19)/p+1. The zero-order chi connectivity index (χ0) is 15.4. The highest BCUT2D eigenvalue weighted by molar-refractivity contribution is 7.16. The van der Waals surface area contributed by atoms with Crippen molar-refractivity contribution in [2.45, 2.75) is 27.3 Å². The summed E-state index contributed by atoms with van der Waals surface area (Å²) in [5, 5.41) is 7.91. The van der Waals surface area contributed by atoms with Gasteiger partial charge in [-0.1, -0.05) is 11.3 Å². The molecule has 2 aromatic heterocycles. The summed E-state index contributed by atoms with van der Waals surface area (Å²) < 4.78 is 1.33. The molecule has 0 aliphatic carbocycles. The van der Waals surface area contributed by atoms with Crippen molar-refractivity contribution < 1.29 is 9.69 Å². The van der Waals surface area contributed by atoms with Crippen LogP contribution in [0.3, 0.4) is 0 Å². The fourth-order valence-electron chi connectivity index (χ4n) is 2.04. The van der Waals surface area contributed by atoms with Gasteiger partial charge in [-0.05, 0) is 20.8 Å². The molecule has 1 atom stereocenters. The largest absolute Gasteiger partial charge is 0.351 e. The van der Waals surface area contributed by atoms with Crippen molar-refractivity contribution in [3.05, 3.63) is 27.1 Å². The van der Waals surface area contributed by atoms with E-state index >= 15 is 0 Å². The monoisotopic (exact) mass is 310 g/mol. The Kier molecular flexibility index (Phi) is 5.03. The molecule has 1 amide bonds. The number of fused-ring (bicyclic) bond motifs is 1. The van der Waals surface area contributed by atoms with Crippen molar-refractivity contribution in [2.75, 3.05) is 19.6 Å². The number of hydrogen-bond acceptors (Lipinski definition) is 5. The molecule has 0 spiro atoms. The lowest BCUT2D eigenvalue weighted by molar-refractivity contribution is -0.904. The molecule has 2 rings (SSSR count). The number of rotatable bonds is 6. The van der Waals surface area contributed by atoms with E-state index in [1.165, 1.54) is 21.9 Å². The van der Waals surface area contributed by atoms with Crippen molar-refractivity contribution >= 4 is 22.2 Å². The molecule has 0 bridgehead atoms. The van der Waals surface area contributed by atoms with Gasteiger partial charge in [-0.25, -0.2) is 4.98 Å². The van der Waals surface area contributed by atoms with Crippen LogP contribution in [0.4, 0.5) is 0 Å². The Hall–Kier alpha value is -1.80. The highest BCUT2D eigenvalue weighted by atomic mass is 32.1. The average molecular weight is 310 g/mol. The summed E-state index contributed by atoms with van der Waals surface area (Å²) >= 11 is 1.40. The summed E-state index contributed by atoms with van der Waals surface area (Å²) in [6, 6.07) is 1.47. The number of carbonyl (C=O) groups is 1. The van der Waals surface area contributed by atoms with E-state index in [-0.39, 0.29) is 11.5 Å². The summed E-state index contributed by atoms with van der Waals surface area (Å²) in [4.78, 5) is 29.5. The summed E-state index contributed by atoms with van der Waals surface area (Å²) in [5.74, 6) is 0.0293. The molecule has 114 valence electrons. The Morgan fingerprint density at radius 2 is 2.24 bits per heavy atom. The number of nitrogens with zero attached hydrogens (tertiary/aromatic N) is 3. The molecule has 0 saturated heterocycles. The van der Waals surface area contributed by atoms with E-state index in [9.17, 15) is 9.59 Å². The third kappa shape index (κ3) is 3.85. The second kappa shape index (κ2) is 6.77. The number of aryl methyl sites for hydroxylation is 1. The molecule has 21 heavy (non-hydrogen) atoms. The van der Waals surface area contributed by atoms with Gasteiger partial charge in [0.2, 0.25) is 4.96 Å². The van der Waals surface area contributed by atoms with Crippen LogP contribution in [0.2, 0.25) is 0 Å². The number of likely N-dealkylation sites (N-methyl/N-ethyl adjacent to an activating group) is 2. The first-order valence-corrected chi connectivity index (χ1v) is 7.81. The maximum absolute atomic E-state index is 11.8. The van der Waals surface area contributed by atoms with E-state index in [1.807, 2.05) is 13.8 Å². The van der Waals surface area contributed by atoms with E-state index in [0.717, 1.165) is 16.5 Å². The van der Waals surface area contributed by atoms with Crippen LogP contribution >= 0.6 is 11.3 Å². The van der Waals surface area contributed by atoms with Gasteiger partial charge in [0, 0.05) is 18.3 Å². The summed E-state index contributed by atoms with van der Waals surface area (Å²) in [6.45, 7) is 8.18. The van der Waals surface area contributed by atoms with Crippen molar-refractivity contribution in [2.24, 2.45) is 0 Å². The molecule has 1 unspecified atom stereocenters. The topological polar surface area (TPSA) is 80.8 Å². The van der Waals surface area contributed by atoms with Gasteiger partial charge in [0.15, 0.2) is 11.6 Å². The van der Waals surface area contributed by atoms with Crippen LogP contribution in [0.5, 0.6) is 0 Å². The Balaban J connectivity index is 2.16. The predicted octanol–water partition coefficient (Wildman–Crippen LogP) is -1.000. The first-order chi connectivity index (χ1) is 10.0. The Morgan fingerprint density at radius 1 is 1.48 bits per heavy atom. The Bertz CT molecular complexity index is 693. The second-order valence-corrected chi connectivity index (χ2v) is 5.88. The molecular weight excluding hydrogens is 290 g/mol. The van der Waals surface area contributed by atoms with Crippen molar-refractivity contribution in [1.29, 1.82) is 0 Å². The fourth-order valence-corrected chi connectivity index (χ4v) is 3.06. The van der Waals surface area contributed by atoms with Gasteiger partial charge in [-0.3, -0.25) is 9.59 Å². The van der Waals surface area contributed by atoms with Crippen molar-refractivity contribution in [3.63, 3.8) is 0 Å². The molecule has 0 saturated carbocycles. The molecule has 7 nitrogen and oxygen atoms in total. The number of hydrogen-bond donors (Lipinski definition) is 2. The van der Waals surface area contributed by atoms with Crippen LogP contribution in [0.15, 0.2) is 10.9 Å². The van der Waals surface area contributed by atoms with Crippen LogP contribution in [0, 0.1) is 6.92 Å². The lowest BCUT2D eigenvalue weighted by Gasteiger charge is -2.15. The predicted molar refractivity (Wildman–Crippen MR) is 80.6 cm³/mol. The minimum atomic E-state index is -0.165. The van der Waals surface area contributed by atoms with Crippen LogP contribution in [-0.2, 0) is 11.3 Å². The Morgan fingerprint density at radius 3 is 2.90 bits per heavy atom. The molecule has 0 radical (unpaired) electrons. The molecule has 2 aromatic rings. The van der Waals surface area contributed by atoms with Crippen LogP contribution in [0.25, 0.3) is 4.96 Å². The molecule has 0 aliphatic rings. The molecule has 8 heteroatoms. The van der Waals surface area contributed by atoms with Gasteiger partial charge in [-0.15, -0.1) is 0 Å². The minimum Gasteiger partial charge on any atom is -0.351 e. The molecule has 0 fully saturated rings. The van der Waals surface area contributed by atoms with Gasteiger partial charge in [0.1, 0.15) is 6.54 Å². The van der Waals surface area contributed by atoms with E-state index in [4.69, 9.17) is 0 Å². The number of nitrogens with one attached hydrogen (secondary N) is 2. The van der Waals surface area contributed by atoms with E-state index < -0.39 is 0 Å². The molecule has 2 heterocycles. The van der Waals surface area contributed by atoms with E-state index in [0.29, 0.717) is 30.3 Å². The quantitative estimate of drug-likeness (QED) is 0.717. The van der Waals surface area contributed by atoms with E-state index in [1.54, 1.807) is 6.92 Å². The van der Waals surface area contributed by atoms with Gasteiger partial charge < -0.3 is 10.2 Å². The number of carbonyl (C=O) groups excluding carboxylic acids is 1. The zero-order valence-electron chi connectivity index (χ0n) is 12.5. The highest BCUT2D eigenvalue weighted by Gasteiger charge is 2.16. The molecule has 2 N–H and O–H groups in total. The highest BCUT2D eigenvalue weighted by Crippen LogP contribution is 2.09. The van der Waals surface area contributed by atoms with Crippen molar-refractivity contribution in [1.82, 2.24) is 19.9 Å².